The average molecular weight is 319 g/mol. The van der Waals surface area contributed by atoms with Crippen molar-refractivity contribution in [3.8, 4) is 0 Å². The molecule has 2 aromatic rings. The molecule has 0 aliphatic carbocycles. The number of hydrogen-bond acceptors (Lipinski definition) is 4. The van der Waals surface area contributed by atoms with Crippen LogP contribution in [-0.2, 0) is 12.6 Å². The average Bonchev–Trinajstić information content (AvgIpc) is 2.83. The zero-order valence-corrected chi connectivity index (χ0v) is 10.8. The van der Waals surface area contributed by atoms with E-state index >= 15 is 0 Å². The summed E-state index contributed by atoms with van der Waals surface area (Å²) >= 11 is 0. The van der Waals surface area contributed by atoms with E-state index in [1.165, 1.54) is 0 Å². The first-order valence-corrected chi connectivity index (χ1v) is 5.97. The van der Waals surface area contributed by atoms with Crippen molar-refractivity contribution in [3.63, 3.8) is 0 Å². The zero-order chi connectivity index (χ0) is 16.3. The van der Waals surface area contributed by atoms with Gasteiger partial charge in [-0.1, -0.05) is 5.16 Å². The van der Waals surface area contributed by atoms with Crippen LogP contribution in [0.1, 0.15) is 21.7 Å². The fraction of sp³-hybridized carbons (Fsp3) is 0.250. The Labute approximate surface area is 120 Å². The number of amides is 1. The zero-order valence-electron chi connectivity index (χ0n) is 10.8. The van der Waals surface area contributed by atoms with Crippen LogP contribution in [0, 0.1) is 5.82 Å². The van der Waals surface area contributed by atoms with Gasteiger partial charge >= 0.3 is 11.9 Å². The lowest BCUT2D eigenvalue weighted by molar-refractivity contribution is -0.137. The van der Waals surface area contributed by atoms with E-state index < -0.39 is 34.8 Å². The maximum absolute atomic E-state index is 13.5. The van der Waals surface area contributed by atoms with Crippen molar-refractivity contribution < 1.29 is 26.9 Å². The van der Waals surface area contributed by atoms with E-state index in [2.05, 4.69) is 20.0 Å². The Morgan fingerprint density at radius 3 is 2.68 bits per heavy atom. The SMILES string of the molecule is O=C(NCCc1noc(=O)[nH]1)c1cc(C(F)(F)F)ccc1F. The Morgan fingerprint density at radius 2 is 2.09 bits per heavy atom. The van der Waals surface area contributed by atoms with Crippen LogP contribution >= 0.6 is 0 Å². The van der Waals surface area contributed by atoms with E-state index in [-0.39, 0.29) is 18.8 Å². The van der Waals surface area contributed by atoms with Gasteiger partial charge < -0.3 is 5.32 Å². The molecule has 1 heterocycles. The van der Waals surface area contributed by atoms with E-state index in [0.29, 0.717) is 18.2 Å². The van der Waals surface area contributed by atoms with Crippen LogP contribution in [-0.4, -0.2) is 22.6 Å². The van der Waals surface area contributed by atoms with Gasteiger partial charge in [-0.05, 0) is 18.2 Å². The van der Waals surface area contributed by atoms with Gasteiger partial charge in [0.15, 0.2) is 5.82 Å². The number of hydrogen-bond donors (Lipinski definition) is 2. The monoisotopic (exact) mass is 319 g/mol. The van der Waals surface area contributed by atoms with Crippen molar-refractivity contribution in [2.75, 3.05) is 6.54 Å². The molecule has 0 fully saturated rings. The van der Waals surface area contributed by atoms with Crippen molar-refractivity contribution >= 4 is 5.91 Å². The van der Waals surface area contributed by atoms with E-state index in [1.807, 2.05) is 0 Å². The number of carbonyl (C=O) groups is 1. The molecule has 0 saturated carbocycles. The molecule has 0 spiro atoms. The number of nitrogens with one attached hydrogen (secondary N) is 2. The minimum absolute atomic E-state index is 0.0675. The molecule has 1 aromatic carbocycles. The molecule has 22 heavy (non-hydrogen) atoms. The molecule has 2 rings (SSSR count). The highest BCUT2D eigenvalue weighted by molar-refractivity contribution is 5.94. The molecule has 10 heteroatoms. The lowest BCUT2D eigenvalue weighted by Crippen LogP contribution is -2.27. The van der Waals surface area contributed by atoms with Gasteiger partial charge in [0.2, 0.25) is 0 Å². The van der Waals surface area contributed by atoms with E-state index in [9.17, 15) is 27.2 Å². The number of nitrogens with zero attached hydrogens (tertiary/aromatic N) is 1. The molecule has 1 amide bonds. The summed E-state index contributed by atoms with van der Waals surface area (Å²) in [6.45, 7) is -0.0724. The van der Waals surface area contributed by atoms with Gasteiger partial charge in [0.05, 0.1) is 11.1 Å². The van der Waals surface area contributed by atoms with Gasteiger partial charge in [0.1, 0.15) is 5.82 Å². The Kier molecular flexibility index (Phi) is 4.29. The molecule has 2 N–H and O–H groups in total. The van der Waals surface area contributed by atoms with Gasteiger partial charge in [0, 0.05) is 13.0 Å². The summed E-state index contributed by atoms with van der Waals surface area (Å²) in [4.78, 5) is 24.6. The summed E-state index contributed by atoms with van der Waals surface area (Å²) in [7, 11) is 0. The molecule has 0 radical (unpaired) electrons. The Morgan fingerprint density at radius 1 is 1.36 bits per heavy atom. The predicted octanol–water partition coefficient (Wildman–Crippen LogP) is 1.49. The number of carbonyl (C=O) groups excluding carboxylic acids is 1. The molecule has 0 unspecified atom stereocenters. The molecule has 118 valence electrons. The third-order valence-corrected chi connectivity index (χ3v) is 2.67. The summed E-state index contributed by atoms with van der Waals surface area (Å²) in [6, 6.07) is 1.56. The van der Waals surface area contributed by atoms with Crippen LogP contribution in [0.2, 0.25) is 0 Å². The van der Waals surface area contributed by atoms with Gasteiger partial charge in [-0.3, -0.25) is 14.3 Å². The molecular formula is C12H9F4N3O3. The number of aromatic amines is 1. The third-order valence-electron chi connectivity index (χ3n) is 2.67. The first-order chi connectivity index (χ1) is 10.3. The maximum Gasteiger partial charge on any atom is 0.438 e. The summed E-state index contributed by atoms with van der Waals surface area (Å²) in [5.74, 6) is -2.70. The van der Waals surface area contributed by atoms with E-state index in [4.69, 9.17) is 0 Å². The number of halogens is 4. The fourth-order valence-corrected chi connectivity index (χ4v) is 1.63. The lowest BCUT2D eigenvalue weighted by atomic mass is 10.1. The van der Waals surface area contributed by atoms with Gasteiger partial charge in [-0.25, -0.2) is 9.18 Å². The Balaban J connectivity index is 2.04. The Hall–Kier alpha value is -2.65. The number of aromatic nitrogens is 2. The number of H-pyrrole nitrogens is 1. The molecule has 0 aliphatic rings. The van der Waals surface area contributed by atoms with Crippen LogP contribution < -0.4 is 11.1 Å². The summed E-state index contributed by atoms with van der Waals surface area (Å²) in [6.07, 6.45) is -4.61. The molecule has 1 aromatic heterocycles. The summed E-state index contributed by atoms with van der Waals surface area (Å²) in [5, 5.41) is 5.56. The highest BCUT2D eigenvalue weighted by Crippen LogP contribution is 2.30. The number of alkyl halides is 3. The van der Waals surface area contributed by atoms with Crippen LogP contribution in [0.4, 0.5) is 17.6 Å². The Bertz CT molecular complexity index is 736. The van der Waals surface area contributed by atoms with Crippen molar-refractivity contribution in [2.45, 2.75) is 12.6 Å². The second kappa shape index (κ2) is 6.00. The molecular weight excluding hydrogens is 310 g/mol. The second-order valence-electron chi connectivity index (χ2n) is 4.24. The highest BCUT2D eigenvalue weighted by atomic mass is 19.4. The normalized spacial score (nSPS) is 11.5. The standard InChI is InChI=1S/C12H9F4N3O3/c13-8-2-1-6(12(14,15)16)5-7(8)10(20)17-4-3-9-18-11(21)22-19-9/h1-2,5H,3-4H2,(H,17,20)(H,18,19,21). The maximum atomic E-state index is 13.5. The van der Waals surface area contributed by atoms with Gasteiger partial charge in [-0.15, -0.1) is 0 Å². The van der Waals surface area contributed by atoms with Crippen LogP contribution in [0.5, 0.6) is 0 Å². The molecule has 0 saturated heterocycles. The first-order valence-electron chi connectivity index (χ1n) is 5.97. The lowest BCUT2D eigenvalue weighted by Gasteiger charge is -2.10. The highest BCUT2D eigenvalue weighted by Gasteiger charge is 2.31. The second-order valence-corrected chi connectivity index (χ2v) is 4.24. The van der Waals surface area contributed by atoms with Gasteiger partial charge in [-0.2, -0.15) is 13.2 Å². The van der Waals surface area contributed by atoms with Crippen molar-refractivity contribution in [3.05, 3.63) is 51.5 Å². The third kappa shape index (κ3) is 3.71. The largest absolute Gasteiger partial charge is 0.438 e. The summed E-state index contributed by atoms with van der Waals surface area (Å²) in [5.41, 5.74) is -1.84. The predicted molar refractivity (Wildman–Crippen MR) is 64.6 cm³/mol. The topological polar surface area (TPSA) is 88.0 Å². The van der Waals surface area contributed by atoms with Crippen LogP contribution in [0.25, 0.3) is 0 Å². The number of rotatable bonds is 4. The van der Waals surface area contributed by atoms with Crippen molar-refractivity contribution in [1.82, 2.24) is 15.5 Å². The van der Waals surface area contributed by atoms with Gasteiger partial charge in [0.25, 0.3) is 5.91 Å². The minimum atomic E-state index is -4.68. The van der Waals surface area contributed by atoms with Crippen LogP contribution in [0.3, 0.4) is 0 Å². The molecule has 0 atom stereocenters. The quantitative estimate of drug-likeness (QED) is 0.836. The van der Waals surface area contributed by atoms with Crippen molar-refractivity contribution in [1.29, 1.82) is 0 Å². The molecule has 0 bridgehead atoms. The molecule has 0 aliphatic heterocycles. The fourth-order valence-electron chi connectivity index (χ4n) is 1.63. The smallest absolute Gasteiger partial charge is 0.351 e. The van der Waals surface area contributed by atoms with E-state index in [0.717, 1.165) is 0 Å². The number of benzene rings is 1. The first kappa shape index (κ1) is 15.7. The molecule has 6 nitrogen and oxygen atoms in total. The van der Waals surface area contributed by atoms with Crippen molar-refractivity contribution in [2.24, 2.45) is 0 Å². The van der Waals surface area contributed by atoms with Crippen LogP contribution in [0.15, 0.2) is 27.5 Å². The van der Waals surface area contributed by atoms with E-state index in [1.54, 1.807) is 0 Å². The summed E-state index contributed by atoms with van der Waals surface area (Å²) < 4.78 is 55.3. The minimum Gasteiger partial charge on any atom is -0.351 e.